The van der Waals surface area contributed by atoms with Crippen molar-refractivity contribution in [1.82, 2.24) is 25.3 Å². The molecular formula is C23H31ClN6O4. The molecule has 0 radical (unpaired) electrons. The van der Waals surface area contributed by atoms with Gasteiger partial charge in [0.25, 0.3) is 0 Å². The molecule has 0 aromatic carbocycles. The fourth-order valence-corrected chi connectivity index (χ4v) is 4.42. The maximum Gasteiger partial charge on any atom is 0.408 e. The van der Waals surface area contributed by atoms with E-state index in [1.807, 2.05) is 0 Å². The SMILES string of the molecule is COc1nnc(Cl)cc1Cn1cc(NC(=O)[C@@H](NC(=O)OC(C)(C)C)C(C2CC2)C2CC2)cn1. The summed E-state index contributed by atoms with van der Waals surface area (Å²) in [6.07, 6.45) is 7.04. The van der Waals surface area contributed by atoms with Crippen LogP contribution in [0, 0.1) is 17.8 Å². The van der Waals surface area contributed by atoms with Gasteiger partial charge < -0.3 is 20.1 Å². The van der Waals surface area contributed by atoms with Crippen molar-refractivity contribution in [2.24, 2.45) is 17.8 Å². The molecule has 2 aromatic heterocycles. The molecule has 34 heavy (non-hydrogen) atoms. The van der Waals surface area contributed by atoms with Crippen molar-refractivity contribution in [3.05, 3.63) is 29.2 Å². The van der Waals surface area contributed by atoms with E-state index in [9.17, 15) is 9.59 Å². The van der Waals surface area contributed by atoms with Crippen LogP contribution in [0.3, 0.4) is 0 Å². The van der Waals surface area contributed by atoms with Crippen LogP contribution in [0.2, 0.25) is 5.15 Å². The van der Waals surface area contributed by atoms with Gasteiger partial charge in [-0.15, -0.1) is 10.2 Å². The van der Waals surface area contributed by atoms with Crippen molar-refractivity contribution in [3.63, 3.8) is 0 Å². The Morgan fingerprint density at radius 3 is 2.47 bits per heavy atom. The third-order valence-corrected chi connectivity index (χ3v) is 6.09. The third kappa shape index (κ3) is 6.37. The first kappa shape index (κ1) is 24.3. The van der Waals surface area contributed by atoms with Crippen LogP contribution in [0.25, 0.3) is 0 Å². The number of rotatable bonds is 9. The number of aromatic nitrogens is 4. The van der Waals surface area contributed by atoms with Crippen LogP contribution < -0.4 is 15.4 Å². The summed E-state index contributed by atoms with van der Waals surface area (Å²) in [4.78, 5) is 25.9. The molecule has 2 fully saturated rings. The van der Waals surface area contributed by atoms with Gasteiger partial charge in [-0.05, 0) is 70.3 Å². The van der Waals surface area contributed by atoms with E-state index in [1.165, 1.54) is 7.11 Å². The minimum atomic E-state index is -0.665. The third-order valence-electron chi connectivity index (χ3n) is 5.90. The summed E-state index contributed by atoms with van der Waals surface area (Å²) in [5.41, 5.74) is 0.584. The van der Waals surface area contributed by atoms with Crippen LogP contribution in [-0.2, 0) is 16.1 Å². The number of nitrogens with one attached hydrogen (secondary N) is 2. The molecule has 2 aliphatic rings. The van der Waals surface area contributed by atoms with E-state index in [0.717, 1.165) is 25.7 Å². The first-order valence-corrected chi connectivity index (χ1v) is 11.9. The minimum Gasteiger partial charge on any atom is -0.480 e. The molecule has 0 spiro atoms. The summed E-state index contributed by atoms with van der Waals surface area (Å²) in [6.45, 7) is 5.74. The van der Waals surface area contributed by atoms with Gasteiger partial charge in [-0.3, -0.25) is 9.48 Å². The normalized spacial score (nSPS) is 16.8. The maximum absolute atomic E-state index is 13.4. The highest BCUT2D eigenvalue weighted by atomic mass is 35.5. The molecule has 2 aliphatic carbocycles. The number of amides is 2. The number of nitrogens with zero attached hydrogens (tertiary/aromatic N) is 4. The lowest BCUT2D eigenvalue weighted by atomic mass is 9.89. The fourth-order valence-electron chi connectivity index (χ4n) is 4.25. The predicted molar refractivity (Wildman–Crippen MR) is 126 cm³/mol. The van der Waals surface area contributed by atoms with E-state index in [0.29, 0.717) is 35.5 Å². The Balaban J connectivity index is 1.47. The molecule has 2 heterocycles. The van der Waals surface area contributed by atoms with Gasteiger partial charge in [-0.25, -0.2) is 4.79 Å². The molecule has 2 aromatic rings. The van der Waals surface area contributed by atoms with Crippen LogP contribution >= 0.6 is 11.6 Å². The lowest BCUT2D eigenvalue weighted by Gasteiger charge is -2.28. The number of methoxy groups -OCH3 is 1. The van der Waals surface area contributed by atoms with Crippen LogP contribution in [-0.4, -0.2) is 50.7 Å². The van der Waals surface area contributed by atoms with Crippen LogP contribution in [0.1, 0.15) is 52.0 Å². The lowest BCUT2D eigenvalue weighted by Crippen LogP contribution is -2.51. The quantitative estimate of drug-likeness (QED) is 0.550. The molecule has 2 amide bonds. The van der Waals surface area contributed by atoms with E-state index < -0.39 is 17.7 Å². The van der Waals surface area contributed by atoms with Gasteiger partial charge in [0.05, 0.1) is 25.5 Å². The summed E-state index contributed by atoms with van der Waals surface area (Å²) in [7, 11) is 1.50. The zero-order valence-corrected chi connectivity index (χ0v) is 20.6. The Labute approximate surface area is 203 Å². The summed E-state index contributed by atoms with van der Waals surface area (Å²) in [5.74, 6) is 1.11. The van der Waals surface area contributed by atoms with E-state index in [2.05, 4.69) is 25.9 Å². The molecule has 4 rings (SSSR count). The smallest absolute Gasteiger partial charge is 0.408 e. The van der Waals surface area contributed by atoms with Gasteiger partial charge >= 0.3 is 6.09 Å². The number of halogens is 1. The summed E-state index contributed by atoms with van der Waals surface area (Å²) in [6, 6.07) is 0.991. The van der Waals surface area contributed by atoms with Gasteiger partial charge in [0.1, 0.15) is 11.6 Å². The molecule has 11 heteroatoms. The van der Waals surface area contributed by atoms with Gasteiger partial charge in [0, 0.05) is 11.8 Å². The van der Waals surface area contributed by atoms with Crippen molar-refractivity contribution >= 4 is 29.3 Å². The van der Waals surface area contributed by atoms with Crippen LogP contribution in [0.15, 0.2) is 18.5 Å². The summed E-state index contributed by atoms with van der Waals surface area (Å²) < 4.78 is 12.3. The first-order chi connectivity index (χ1) is 16.1. The second kappa shape index (κ2) is 9.77. The van der Waals surface area contributed by atoms with E-state index in [4.69, 9.17) is 21.1 Å². The first-order valence-electron chi connectivity index (χ1n) is 11.5. The number of anilines is 1. The lowest BCUT2D eigenvalue weighted by molar-refractivity contribution is -0.120. The number of ether oxygens (including phenoxy) is 2. The van der Waals surface area contributed by atoms with Gasteiger partial charge in [-0.1, -0.05) is 11.6 Å². The molecular weight excluding hydrogens is 460 g/mol. The Morgan fingerprint density at radius 1 is 1.21 bits per heavy atom. The highest BCUT2D eigenvalue weighted by Gasteiger charge is 2.48. The Hall–Kier alpha value is -2.88. The summed E-state index contributed by atoms with van der Waals surface area (Å²) in [5, 5.41) is 18.0. The summed E-state index contributed by atoms with van der Waals surface area (Å²) >= 11 is 5.96. The largest absolute Gasteiger partial charge is 0.480 e. The van der Waals surface area contributed by atoms with Gasteiger partial charge in [0.15, 0.2) is 5.15 Å². The number of alkyl carbamates (subject to hydrolysis) is 1. The van der Waals surface area contributed by atoms with Crippen molar-refractivity contribution in [3.8, 4) is 5.88 Å². The second-order valence-electron chi connectivity index (χ2n) is 9.99. The Bertz CT molecular complexity index is 1030. The molecule has 0 aliphatic heterocycles. The standard InChI is InChI=1S/C23H31ClN6O4/c1-23(2,3)34-22(32)27-19(18(13-5-6-13)14-7-8-14)20(31)26-16-10-25-30(12-16)11-15-9-17(24)28-29-21(15)33-4/h9-10,12-14,18-19H,5-8,11H2,1-4H3,(H,26,31)(H,27,32)/t19-/m0/s1. The van der Waals surface area contributed by atoms with Crippen LogP contribution in [0.5, 0.6) is 5.88 Å². The Morgan fingerprint density at radius 2 is 1.88 bits per heavy atom. The second-order valence-corrected chi connectivity index (χ2v) is 10.4. The predicted octanol–water partition coefficient (Wildman–Crippen LogP) is 3.65. The molecule has 2 N–H and O–H groups in total. The average Bonchev–Trinajstić information content (AvgIpc) is 3.67. The van der Waals surface area contributed by atoms with E-state index in [-0.39, 0.29) is 17.0 Å². The molecule has 0 unspecified atom stereocenters. The topological polar surface area (TPSA) is 120 Å². The van der Waals surface area contributed by atoms with Gasteiger partial charge in [0.2, 0.25) is 11.8 Å². The zero-order valence-electron chi connectivity index (χ0n) is 19.9. The van der Waals surface area contributed by atoms with Crippen molar-refractivity contribution in [2.75, 3.05) is 12.4 Å². The molecule has 184 valence electrons. The maximum atomic E-state index is 13.4. The molecule has 1 atom stereocenters. The van der Waals surface area contributed by atoms with Crippen LogP contribution in [0.4, 0.5) is 10.5 Å². The highest BCUT2D eigenvalue weighted by Crippen LogP contribution is 2.50. The van der Waals surface area contributed by atoms with Crippen molar-refractivity contribution in [1.29, 1.82) is 0 Å². The van der Waals surface area contributed by atoms with Crippen molar-refractivity contribution in [2.45, 2.75) is 64.6 Å². The molecule has 0 saturated heterocycles. The van der Waals surface area contributed by atoms with E-state index >= 15 is 0 Å². The molecule has 0 bridgehead atoms. The molecule has 2 saturated carbocycles. The monoisotopic (exact) mass is 490 g/mol. The van der Waals surface area contributed by atoms with Crippen molar-refractivity contribution < 1.29 is 19.1 Å². The number of hydrogen-bond donors (Lipinski definition) is 2. The molecule has 10 nitrogen and oxygen atoms in total. The Kier molecular flexibility index (Phi) is 6.97. The number of carbonyl (C=O) groups excluding carboxylic acids is 2. The zero-order chi connectivity index (χ0) is 24.5. The fraction of sp³-hybridized carbons (Fsp3) is 0.609. The number of carbonyl (C=O) groups is 2. The average molecular weight is 491 g/mol. The minimum absolute atomic E-state index is 0.108. The van der Waals surface area contributed by atoms with E-state index in [1.54, 1.807) is 43.9 Å². The number of hydrogen-bond acceptors (Lipinski definition) is 7. The van der Waals surface area contributed by atoms with Gasteiger partial charge in [-0.2, -0.15) is 5.10 Å². The highest BCUT2D eigenvalue weighted by molar-refractivity contribution is 6.29.